The number of carbonyl (C=O) groups excluding carboxylic acids is 3. The lowest BCUT2D eigenvalue weighted by Gasteiger charge is -2.18. The minimum absolute atomic E-state index is 0.0937. The molecule has 72 heavy (non-hydrogen) atoms. The van der Waals surface area contributed by atoms with E-state index in [-0.39, 0.29) is 31.1 Å². The van der Waals surface area contributed by atoms with E-state index in [4.69, 9.17) is 14.2 Å². The molecule has 0 radical (unpaired) electrons. The molecule has 1 atom stereocenters. The Morgan fingerprint density at radius 2 is 0.542 bits per heavy atom. The molecular weight excluding hydrogens is 889 g/mol. The van der Waals surface area contributed by atoms with Crippen molar-refractivity contribution >= 4 is 17.9 Å². The smallest absolute Gasteiger partial charge is 0.306 e. The Kier molecular flexibility index (Phi) is 56.8. The minimum atomic E-state index is -0.797. The first-order valence-corrected chi connectivity index (χ1v) is 30.2. The van der Waals surface area contributed by atoms with Gasteiger partial charge < -0.3 is 14.2 Å². The maximum atomic E-state index is 12.9. The van der Waals surface area contributed by atoms with Crippen molar-refractivity contribution < 1.29 is 28.6 Å². The number of rotatable bonds is 54. The molecule has 6 heteroatoms. The Bertz CT molecular complexity index is 1430. The second kappa shape index (κ2) is 59.9. The standard InChI is InChI=1S/C66H112O6/c1-4-7-10-13-16-19-22-25-28-31-33-35-38-41-44-47-50-53-56-59-65(68)71-62-63(61-70-64(67)58-55-52-49-46-43-40-37-30-27-24-21-18-15-12-9-6-3)72-66(69)60-57-54-51-48-45-42-39-36-34-32-29-26-23-20-17-14-11-8-5-2/h7,9-10,12,16,18-19,21,25,27-28,30,33,35,41,44,63H,4-6,8,11,13-15,17,20,22-24,26,29,31-32,34,36-40,42-43,45-62H2,1-3H3/b10-7-,12-9-,19-16-,21-18-,28-25-,30-27-,35-33-,44-41-. The van der Waals surface area contributed by atoms with E-state index in [0.717, 1.165) is 122 Å². The molecule has 0 bridgehead atoms. The van der Waals surface area contributed by atoms with Crippen LogP contribution in [-0.2, 0) is 28.6 Å². The van der Waals surface area contributed by atoms with Crippen LogP contribution in [-0.4, -0.2) is 37.2 Å². The highest BCUT2D eigenvalue weighted by Crippen LogP contribution is 2.16. The zero-order valence-corrected chi connectivity index (χ0v) is 47.2. The highest BCUT2D eigenvalue weighted by atomic mass is 16.6. The van der Waals surface area contributed by atoms with Crippen LogP contribution in [0.2, 0.25) is 0 Å². The molecule has 0 aliphatic carbocycles. The largest absolute Gasteiger partial charge is 0.462 e. The number of hydrogen-bond donors (Lipinski definition) is 0. The molecule has 0 amide bonds. The lowest BCUT2D eigenvalue weighted by atomic mass is 10.0. The summed E-state index contributed by atoms with van der Waals surface area (Å²) in [4.78, 5) is 38.3. The average Bonchev–Trinajstić information content (AvgIpc) is 3.38. The topological polar surface area (TPSA) is 78.9 Å². The Hall–Kier alpha value is -3.67. The maximum absolute atomic E-state index is 12.9. The van der Waals surface area contributed by atoms with Crippen molar-refractivity contribution in [1.82, 2.24) is 0 Å². The molecule has 0 spiro atoms. The van der Waals surface area contributed by atoms with Gasteiger partial charge in [-0.3, -0.25) is 14.4 Å². The number of unbranched alkanes of at least 4 members (excludes halogenated alkanes) is 27. The summed E-state index contributed by atoms with van der Waals surface area (Å²) in [6.45, 7) is 6.40. The van der Waals surface area contributed by atoms with Crippen LogP contribution in [0.3, 0.4) is 0 Å². The van der Waals surface area contributed by atoms with Crippen molar-refractivity contribution in [3.8, 4) is 0 Å². The third-order valence-corrected chi connectivity index (χ3v) is 12.8. The molecule has 0 fully saturated rings. The Morgan fingerprint density at radius 1 is 0.292 bits per heavy atom. The SMILES string of the molecule is CC/C=C\C/C=C\C/C=C\C/C=C\C/C=C\CCCCCC(=O)OCC(COC(=O)CCCCCCCC/C=C\C/C=C\C/C=C\CC)OC(=O)CCCCCCCCCCCCCCCCCCCCC. The summed E-state index contributed by atoms with van der Waals surface area (Å²) in [7, 11) is 0. The third-order valence-electron chi connectivity index (χ3n) is 12.8. The van der Waals surface area contributed by atoms with Gasteiger partial charge in [-0.25, -0.2) is 0 Å². The van der Waals surface area contributed by atoms with Gasteiger partial charge in [0.25, 0.3) is 0 Å². The van der Waals surface area contributed by atoms with E-state index in [1.807, 2.05) is 0 Å². The summed E-state index contributed by atoms with van der Waals surface area (Å²) < 4.78 is 16.9. The van der Waals surface area contributed by atoms with Gasteiger partial charge in [0.2, 0.25) is 0 Å². The van der Waals surface area contributed by atoms with Gasteiger partial charge in [-0.2, -0.15) is 0 Å². The molecule has 0 saturated carbocycles. The molecule has 0 aromatic carbocycles. The second-order valence-corrected chi connectivity index (χ2v) is 19.9. The molecule has 1 unspecified atom stereocenters. The molecule has 0 saturated heterocycles. The Labute approximate surface area is 445 Å². The van der Waals surface area contributed by atoms with Crippen LogP contribution in [0.1, 0.15) is 284 Å². The summed E-state index contributed by atoms with van der Waals surface area (Å²) in [5, 5.41) is 0. The fourth-order valence-electron chi connectivity index (χ4n) is 8.37. The summed E-state index contributed by atoms with van der Waals surface area (Å²) in [5.41, 5.74) is 0. The van der Waals surface area contributed by atoms with Crippen LogP contribution in [0.4, 0.5) is 0 Å². The van der Waals surface area contributed by atoms with Crippen molar-refractivity contribution in [2.45, 2.75) is 290 Å². The van der Waals surface area contributed by atoms with Crippen LogP contribution >= 0.6 is 0 Å². The maximum Gasteiger partial charge on any atom is 0.306 e. The molecule has 0 aliphatic rings. The van der Waals surface area contributed by atoms with Crippen LogP contribution in [0.15, 0.2) is 97.2 Å². The highest BCUT2D eigenvalue weighted by molar-refractivity contribution is 5.71. The predicted molar refractivity (Wildman–Crippen MR) is 311 cm³/mol. The monoisotopic (exact) mass is 1000 g/mol. The van der Waals surface area contributed by atoms with Gasteiger partial charge in [0.1, 0.15) is 13.2 Å². The van der Waals surface area contributed by atoms with E-state index >= 15 is 0 Å². The fourth-order valence-corrected chi connectivity index (χ4v) is 8.37. The van der Waals surface area contributed by atoms with Crippen molar-refractivity contribution in [1.29, 1.82) is 0 Å². The molecule has 0 heterocycles. The zero-order chi connectivity index (χ0) is 52.2. The molecule has 0 aromatic rings. The van der Waals surface area contributed by atoms with Gasteiger partial charge in [0.15, 0.2) is 6.10 Å². The van der Waals surface area contributed by atoms with Crippen molar-refractivity contribution in [3.05, 3.63) is 97.2 Å². The van der Waals surface area contributed by atoms with Gasteiger partial charge in [-0.1, -0.05) is 266 Å². The van der Waals surface area contributed by atoms with Crippen LogP contribution in [0.25, 0.3) is 0 Å². The van der Waals surface area contributed by atoms with Crippen LogP contribution < -0.4 is 0 Å². The van der Waals surface area contributed by atoms with E-state index < -0.39 is 6.10 Å². The van der Waals surface area contributed by atoms with Gasteiger partial charge in [0.05, 0.1) is 0 Å². The molecule has 0 aromatic heterocycles. The predicted octanol–water partition coefficient (Wildman–Crippen LogP) is 20.5. The van der Waals surface area contributed by atoms with E-state index in [2.05, 4.69) is 118 Å². The average molecular weight is 1000 g/mol. The third kappa shape index (κ3) is 57.2. The molecular formula is C66H112O6. The Morgan fingerprint density at radius 3 is 0.861 bits per heavy atom. The summed E-state index contributed by atoms with van der Waals surface area (Å²) >= 11 is 0. The molecule has 6 nitrogen and oxygen atoms in total. The van der Waals surface area contributed by atoms with E-state index in [0.29, 0.717) is 19.3 Å². The van der Waals surface area contributed by atoms with E-state index in [9.17, 15) is 14.4 Å². The first kappa shape index (κ1) is 68.3. The van der Waals surface area contributed by atoms with E-state index in [1.165, 1.54) is 122 Å². The number of carbonyl (C=O) groups is 3. The summed E-state index contributed by atoms with van der Waals surface area (Å²) in [6.07, 6.45) is 79.7. The first-order valence-electron chi connectivity index (χ1n) is 30.2. The number of ether oxygens (including phenoxy) is 3. The normalized spacial score (nSPS) is 12.8. The lowest BCUT2D eigenvalue weighted by Crippen LogP contribution is -2.30. The first-order chi connectivity index (χ1) is 35.5. The van der Waals surface area contributed by atoms with Crippen LogP contribution in [0.5, 0.6) is 0 Å². The van der Waals surface area contributed by atoms with Crippen molar-refractivity contribution in [3.63, 3.8) is 0 Å². The minimum Gasteiger partial charge on any atom is -0.462 e. The molecule has 0 rings (SSSR count). The van der Waals surface area contributed by atoms with Gasteiger partial charge >= 0.3 is 17.9 Å². The molecule has 0 aliphatic heterocycles. The highest BCUT2D eigenvalue weighted by Gasteiger charge is 2.19. The summed E-state index contributed by atoms with van der Waals surface area (Å²) in [6, 6.07) is 0. The van der Waals surface area contributed by atoms with E-state index in [1.54, 1.807) is 0 Å². The van der Waals surface area contributed by atoms with Crippen molar-refractivity contribution in [2.24, 2.45) is 0 Å². The quantitative estimate of drug-likeness (QED) is 0.0261. The Balaban J connectivity index is 4.44. The number of hydrogen-bond acceptors (Lipinski definition) is 6. The number of allylic oxidation sites excluding steroid dienone is 16. The molecule has 0 N–H and O–H groups in total. The van der Waals surface area contributed by atoms with Gasteiger partial charge in [-0.05, 0) is 96.3 Å². The van der Waals surface area contributed by atoms with Gasteiger partial charge in [-0.15, -0.1) is 0 Å². The summed E-state index contributed by atoms with van der Waals surface area (Å²) in [5.74, 6) is -0.929. The fraction of sp³-hybridized carbons (Fsp3) is 0.712. The number of esters is 3. The molecule has 412 valence electrons. The lowest BCUT2D eigenvalue weighted by molar-refractivity contribution is -0.167. The van der Waals surface area contributed by atoms with Crippen molar-refractivity contribution in [2.75, 3.05) is 13.2 Å². The second-order valence-electron chi connectivity index (χ2n) is 19.9. The zero-order valence-electron chi connectivity index (χ0n) is 47.2. The van der Waals surface area contributed by atoms with Crippen LogP contribution in [0, 0.1) is 0 Å². The van der Waals surface area contributed by atoms with Gasteiger partial charge in [0, 0.05) is 19.3 Å².